The third kappa shape index (κ3) is 6.05. The molecule has 1 saturated heterocycles. The molecule has 2 aromatic heterocycles. The molecule has 38 heavy (non-hydrogen) atoms. The van der Waals surface area contributed by atoms with Gasteiger partial charge in [-0.05, 0) is 50.7 Å². The lowest BCUT2D eigenvalue weighted by Gasteiger charge is -2.34. The van der Waals surface area contributed by atoms with Gasteiger partial charge in [0.05, 0.1) is 36.9 Å². The first-order valence-corrected chi connectivity index (χ1v) is 13.5. The first kappa shape index (κ1) is 26.7. The van der Waals surface area contributed by atoms with Crippen molar-refractivity contribution in [2.45, 2.75) is 51.1 Å². The molecular formula is C27H37F2N7O2. The van der Waals surface area contributed by atoms with E-state index < -0.39 is 6.43 Å². The standard InChI is InChI=1S/C27H37F2N7O2/c1-18-17-38-14-12-35(18)23-15-24(36-22-6-4-3-5-21(22)32-26(36)25(28)29)34-27(33-23)31-16-19-7-9-20(10-8-19)30-11-13-37-2/h3-6,15,18-20,25,30H,7-14,16-17H2,1-2H3,(H,31,33,34)/t18-,19?,20?/m1/s1. The Morgan fingerprint density at radius 1 is 1.11 bits per heavy atom. The number of methoxy groups -OCH3 is 1. The van der Waals surface area contributed by atoms with Gasteiger partial charge < -0.3 is 25.0 Å². The van der Waals surface area contributed by atoms with Crippen molar-refractivity contribution in [3.63, 3.8) is 0 Å². The first-order valence-electron chi connectivity index (χ1n) is 13.5. The summed E-state index contributed by atoms with van der Waals surface area (Å²) in [7, 11) is 1.72. The van der Waals surface area contributed by atoms with Crippen LogP contribution < -0.4 is 15.5 Å². The van der Waals surface area contributed by atoms with Gasteiger partial charge in [0, 0.05) is 38.9 Å². The third-order valence-electron chi connectivity index (χ3n) is 7.51. The number of hydrogen-bond acceptors (Lipinski definition) is 8. The molecule has 3 heterocycles. The van der Waals surface area contributed by atoms with E-state index in [1.54, 1.807) is 31.4 Å². The summed E-state index contributed by atoms with van der Waals surface area (Å²) in [6.45, 7) is 6.24. The molecule has 1 atom stereocenters. The Morgan fingerprint density at radius 3 is 2.66 bits per heavy atom. The third-order valence-corrected chi connectivity index (χ3v) is 7.51. The van der Waals surface area contributed by atoms with Gasteiger partial charge in [-0.1, -0.05) is 12.1 Å². The summed E-state index contributed by atoms with van der Waals surface area (Å²) < 4.78 is 40.4. The largest absolute Gasteiger partial charge is 0.383 e. The van der Waals surface area contributed by atoms with Crippen LogP contribution in [-0.2, 0) is 9.47 Å². The van der Waals surface area contributed by atoms with Crippen LogP contribution >= 0.6 is 0 Å². The van der Waals surface area contributed by atoms with E-state index in [1.807, 2.05) is 6.07 Å². The molecule has 1 saturated carbocycles. The van der Waals surface area contributed by atoms with E-state index >= 15 is 0 Å². The van der Waals surface area contributed by atoms with Crippen LogP contribution in [0.3, 0.4) is 0 Å². The number of anilines is 2. The molecule has 5 rings (SSSR count). The number of nitrogens with zero attached hydrogens (tertiary/aromatic N) is 5. The summed E-state index contributed by atoms with van der Waals surface area (Å²) >= 11 is 0. The van der Waals surface area contributed by atoms with Gasteiger partial charge in [-0.3, -0.25) is 4.57 Å². The number of imidazole rings is 1. The van der Waals surface area contributed by atoms with Crippen LogP contribution in [0.2, 0.25) is 0 Å². The van der Waals surface area contributed by atoms with Gasteiger partial charge in [0.2, 0.25) is 5.95 Å². The minimum Gasteiger partial charge on any atom is -0.383 e. The highest BCUT2D eigenvalue weighted by Gasteiger charge is 2.26. The number of morpholine rings is 1. The molecule has 3 aromatic rings. The molecule has 0 spiro atoms. The Kier molecular flexibility index (Phi) is 8.65. The molecule has 206 valence electrons. The molecular weight excluding hydrogens is 492 g/mol. The van der Waals surface area contributed by atoms with Crippen LogP contribution in [0.4, 0.5) is 20.5 Å². The average molecular weight is 530 g/mol. The fourth-order valence-electron chi connectivity index (χ4n) is 5.43. The highest BCUT2D eigenvalue weighted by molar-refractivity contribution is 5.78. The van der Waals surface area contributed by atoms with E-state index in [9.17, 15) is 8.78 Å². The summed E-state index contributed by atoms with van der Waals surface area (Å²) in [5, 5.41) is 6.99. The second-order valence-electron chi connectivity index (χ2n) is 10.2. The van der Waals surface area contributed by atoms with Crippen molar-refractivity contribution < 1.29 is 18.3 Å². The minimum absolute atomic E-state index is 0.106. The number of rotatable bonds is 10. The SMILES string of the molecule is COCCNC1CCC(CNc2nc(N3CCOC[C@H]3C)cc(-n3c(C(F)F)nc4ccccc43)n2)CC1. The number of hydrogen-bond donors (Lipinski definition) is 2. The zero-order valence-corrected chi connectivity index (χ0v) is 22.1. The van der Waals surface area contributed by atoms with Gasteiger partial charge in [-0.2, -0.15) is 9.97 Å². The molecule has 2 N–H and O–H groups in total. The molecule has 1 aliphatic carbocycles. The molecule has 11 heteroatoms. The Bertz CT molecular complexity index is 1200. The number of para-hydroxylation sites is 2. The van der Waals surface area contributed by atoms with Crippen molar-refractivity contribution in [3.05, 3.63) is 36.2 Å². The monoisotopic (exact) mass is 529 g/mol. The number of ether oxygens (including phenoxy) is 2. The summed E-state index contributed by atoms with van der Waals surface area (Å²) in [5.74, 6) is 1.69. The summed E-state index contributed by atoms with van der Waals surface area (Å²) in [4.78, 5) is 15.9. The van der Waals surface area contributed by atoms with Gasteiger partial charge in [0.15, 0.2) is 5.82 Å². The van der Waals surface area contributed by atoms with E-state index in [-0.39, 0.29) is 11.9 Å². The van der Waals surface area contributed by atoms with Crippen molar-refractivity contribution >= 4 is 22.8 Å². The first-order chi connectivity index (χ1) is 18.5. The molecule has 0 radical (unpaired) electrons. The van der Waals surface area contributed by atoms with Crippen LogP contribution in [0.1, 0.15) is 44.9 Å². The molecule has 1 aliphatic heterocycles. The lowest BCUT2D eigenvalue weighted by molar-refractivity contribution is 0.0985. The van der Waals surface area contributed by atoms with Crippen LogP contribution in [0, 0.1) is 5.92 Å². The van der Waals surface area contributed by atoms with Crippen molar-refractivity contribution in [3.8, 4) is 5.82 Å². The van der Waals surface area contributed by atoms with Gasteiger partial charge in [-0.15, -0.1) is 0 Å². The molecule has 0 amide bonds. The predicted molar refractivity (Wildman–Crippen MR) is 143 cm³/mol. The van der Waals surface area contributed by atoms with Crippen molar-refractivity contribution in [2.75, 3.05) is 56.8 Å². The van der Waals surface area contributed by atoms with Gasteiger partial charge in [0.25, 0.3) is 6.43 Å². The maximum atomic E-state index is 14.1. The highest BCUT2D eigenvalue weighted by Crippen LogP contribution is 2.30. The van der Waals surface area contributed by atoms with Crippen LogP contribution in [-0.4, -0.2) is 78.2 Å². The van der Waals surface area contributed by atoms with Crippen LogP contribution in [0.25, 0.3) is 16.9 Å². The van der Waals surface area contributed by atoms with E-state index in [4.69, 9.17) is 19.4 Å². The Labute approximate surface area is 221 Å². The summed E-state index contributed by atoms with van der Waals surface area (Å²) in [5.41, 5.74) is 1.10. The molecule has 2 aliphatic rings. The topological polar surface area (TPSA) is 89.4 Å². The Morgan fingerprint density at radius 2 is 1.89 bits per heavy atom. The maximum Gasteiger partial charge on any atom is 0.296 e. The second-order valence-corrected chi connectivity index (χ2v) is 10.2. The minimum atomic E-state index is -2.74. The van der Waals surface area contributed by atoms with Gasteiger partial charge >= 0.3 is 0 Å². The fraction of sp³-hybridized carbons (Fsp3) is 0.593. The van der Waals surface area contributed by atoms with Gasteiger partial charge in [-0.25, -0.2) is 13.8 Å². The van der Waals surface area contributed by atoms with Gasteiger partial charge in [0.1, 0.15) is 11.6 Å². The molecule has 9 nitrogen and oxygen atoms in total. The normalized spacial score (nSPS) is 22.3. The average Bonchev–Trinajstić information content (AvgIpc) is 3.33. The lowest BCUT2D eigenvalue weighted by atomic mass is 9.86. The van der Waals surface area contributed by atoms with E-state index in [0.717, 1.165) is 45.4 Å². The predicted octanol–water partition coefficient (Wildman–Crippen LogP) is 4.18. The lowest BCUT2D eigenvalue weighted by Crippen LogP contribution is -2.44. The molecule has 0 bridgehead atoms. The zero-order valence-electron chi connectivity index (χ0n) is 22.1. The summed E-state index contributed by atoms with van der Waals surface area (Å²) in [6, 6.07) is 9.56. The smallest absolute Gasteiger partial charge is 0.296 e. The Balaban J connectivity index is 1.40. The van der Waals surface area contributed by atoms with Crippen LogP contribution in [0.5, 0.6) is 0 Å². The number of alkyl halides is 2. The molecule has 2 fully saturated rings. The zero-order chi connectivity index (χ0) is 26.5. The Hall–Kier alpha value is -2.89. The molecule has 1 aromatic carbocycles. The van der Waals surface area contributed by atoms with Crippen LogP contribution in [0.15, 0.2) is 30.3 Å². The maximum absolute atomic E-state index is 14.1. The van der Waals surface area contributed by atoms with Crippen molar-refractivity contribution in [2.24, 2.45) is 5.92 Å². The number of aromatic nitrogens is 4. The number of benzene rings is 1. The second kappa shape index (κ2) is 12.3. The van der Waals surface area contributed by atoms with Crippen molar-refractivity contribution in [1.29, 1.82) is 0 Å². The van der Waals surface area contributed by atoms with Crippen molar-refractivity contribution in [1.82, 2.24) is 24.8 Å². The van der Waals surface area contributed by atoms with E-state index in [0.29, 0.717) is 60.3 Å². The highest BCUT2D eigenvalue weighted by atomic mass is 19.3. The number of fused-ring (bicyclic) bond motifs is 1. The summed E-state index contributed by atoms with van der Waals surface area (Å²) in [6.07, 6.45) is 1.70. The number of nitrogens with one attached hydrogen (secondary N) is 2. The fourth-order valence-corrected chi connectivity index (χ4v) is 5.43. The quantitative estimate of drug-likeness (QED) is 0.378. The molecule has 0 unspecified atom stereocenters. The number of halogens is 2. The van der Waals surface area contributed by atoms with E-state index in [1.165, 1.54) is 4.57 Å². The van der Waals surface area contributed by atoms with E-state index in [2.05, 4.69) is 27.4 Å².